The third-order valence-electron chi connectivity index (χ3n) is 2.90. The van der Waals surface area contributed by atoms with Gasteiger partial charge in [-0.15, -0.1) is 11.3 Å². The van der Waals surface area contributed by atoms with E-state index in [1.165, 1.54) is 4.88 Å². The van der Waals surface area contributed by atoms with Gasteiger partial charge >= 0.3 is 0 Å². The number of rotatable bonds is 3. The van der Waals surface area contributed by atoms with Gasteiger partial charge in [0.15, 0.2) is 15.0 Å². The molecule has 6 heteroatoms. The van der Waals surface area contributed by atoms with Gasteiger partial charge in [-0.2, -0.15) is 0 Å². The molecule has 1 aromatic rings. The summed E-state index contributed by atoms with van der Waals surface area (Å²) in [7, 11) is -2.76. The first-order chi connectivity index (χ1) is 7.46. The molecule has 1 fully saturated rings. The Morgan fingerprint density at radius 2 is 2.25 bits per heavy atom. The van der Waals surface area contributed by atoms with Crippen LogP contribution in [-0.4, -0.2) is 31.5 Å². The molecule has 16 heavy (non-hydrogen) atoms. The molecule has 0 amide bonds. The quantitative estimate of drug-likeness (QED) is 0.897. The molecule has 0 bridgehead atoms. The van der Waals surface area contributed by atoms with Crippen molar-refractivity contribution in [3.63, 3.8) is 0 Å². The van der Waals surface area contributed by atoms with Gasteiger partial charge in [0.1, 0.15) is 0 Å². The van der Waals surface area contributed by atoms with Gasteiger partial charge in [0.25, 0.3) is 0 Å². The molecule has 1 saturated heterocycles. The second-order valence-electron chi connectivity index (χ2n) is 4.31. The molecule has 0 radical (unpaired) electrons. The standard InChI is InChI=1S/C10H16N2O2S2/c1-7-8(2)15-10(12-7)11-5-9-3-4-16(13,14)6-9/h9H,3-6H2,1-2H3,(H,11,12). The van der Waals surface area contributed by atoms with E-state index in [0.717, 1.165) is 17.2 Å². The smallest absolute Gasteiger partial charge is 0.183 e. The van der Waals surface area contributed by atoms with Crippen molar-refractivity contribution in [1.82, 2.24) is 4.98 Å². The first-order valence-corrected chi connectivity index (χ1v) is 7.98. The van der Waals surface area contributed by atoms with E-state index >= 15 is 0 Å². The summed E-state index contributed by atoms with van der Waals surface area (Å²) in [5.74, 6) is 0.910. The predicted octanol–water partition coefficient (Wildman–Crippen LogP) is 1.61. The minimum Gasteiger partial charge on any atom is -0.361 e. The van der Waals surface area contributed by atoms with Crippen molar-refractivity contribution in [3.8, 4) is 0 Å². The Morgan fingerprint density at radius 1 is 1.50 bits per heavy atom. The van der Waals surface area contributed by atoms with Crippen molar-refractivity contribution in [2.75, 3.05) is 23.4 Å². The number of nitrogens with zero attached hydrogens (tertiary/aromatic N) is 1. The Hall–Kier alpha value is -0.620. The lowest BCUT2D eigenvalue weighted by Crippen LogP contribution is -2.15. The van der Waals surface area contributed by atoms with Crippen LogP contribution in [0.3, 0.4) is 0 Å². The summed E-state index contributed by atoms with van der Waals surface area (Å²) in [6, 6.07) is 0. The second-order valence-corrected chi connectivity index (χ2v) is 7.74. The number of anilines is 1. The van der Waals surface area contributed by atoms with E-state index in [1.807, 2.05) is 13.8 Å². The summed E-state index contributed by atoms with van der Waals surface area (Å²) >= 11 is 1.63. The van der Waals surface area contributed by atoms with E-state index in [0.29, 0.717) is 18.1 Å². The highest BCUT2D eigenvalue weighted by molar-refractivity contribution is 7.91. The fourth-order valence-corrected chi connectivity index (χ4v) is 4.50. The normalized spacial score (nSPS) is 23.5. The molecule has 0 spiro atoms. The third kappa shape index (κ3) is 2.74. The first-order valence-electron chi connectivity index (χ1n) is 5.34. The molecule has 1 aliphatic heterocycles. The summed E-state index contributed by atoms with van der Waals surface area (Å²) < 4.78 is 22.5. The van der Waals surface area contributed by atoms with Gasteiger partial charge in [0.05, 0.1) is 17.2 Å². The van der Waals surface area contributed by atoms with Crippen LogP contribution < -0.4 is 5.32 Å². The van der Waals surface area contributed by atoms with Crippen molar-refractivity contribution >= 4 is 26.3 Å². The van der Waals surface area contributed by atoms with E-state index in [2.05, 4.69) is 10.3 Å². The number of sulfone groups is 1. The van der Waals surface area contributed by atoms with Gasteiger partial charge in [-0.05, 0) is 26.2 Å². The largest absolute Gasteiger partial charge is 0.361 e. The number of thiazole rings is 1. The minimum absolute atomic E-state index is 0.245. The number of hydrogen-bond donors (Lipinski definition) is 1. The van der Waals surface area contributed by atoms with Crippen molar-refractivity contribution in [2.45, 2.75) is 20.3 Å². The highest BCUT2D eigenvalue weighted by Crippen LogP contribution is 2.23. The van der Waals surface area contributed by atoms with E-state index < -0.39 is 9.84 Å². The van der Waals surface area contributed by atoms with E-state index in [9.17, 15) is 8.42 Å². The topological polar surface area (TPSA) is 59.1 Å². The summed E-state index contributed by atoms with van der Waals surface area (Å²) in [4.78, 5) is 5.58. The zero-order valence-electron chi connectivity index (χ0n) is 9.49. The van der Waals surface area contributed by atoms with Gasteiger partial charge in [0, 0.05) is 11.4 Å². The summed E-state index contributed by atoms with van der Waals surface area (Å²) in [6.45, 7) is 4.74. The number of hydrogen-bond acceptors (Lipinski definition) is 5. The molecule has 1 aromatic heterocycles. The molecule has 0 aliphatic carbocycles. The second kappa shape index (κ2) is 4.33. The van der Waals surface area contributed by atoms with Crippen LogP contribution in [0.4, 0.5) is 5.13 Å². The molecule has 1 atom stereocenters. The van der Waals surface area contributed by atoms with Crippen LogP contribution >= 0.6 is 11.3 Å². The lowest BCUT2D eigenvalue weighted by atomic mass is 10.1. The Labute approximate surface area is 100 Å². The molecular formula is C10H16N2O2S2. The number of aryl methyl sites for hydroxylation is 2. The summed E-state index contributed by atoms with van der Waals surface area (Å²) in [5, 5.41) is 4.13. The highest BCUT2D eigenvalue weighted by atomic mass is 32.2. The van der Waals surface area contributed by atoms with Crippen molar-refractivity contribution < 1.29 is 8.42 Å². The van der Waals surface area contributed by atoms with Gasteiger partial charge in [-0.25, -0.2) is 13.4 Å². The molecule has 1 aliphatic rings. The van der Waals surface area contributed by atoms with Crippen LogP contribution in [0.2, 0.25) is 0 Å². The maximum atomic E-state index is 11.3. The molecule has 2 rings (SSSR count). The average Bonchev–Trinajstić information content (AvgIpc) is 2.68. The molecular weight excluding hydrogens is 244 g/mol. The van der Waals surface area contributed by atoms with Gasteiger partial charge in [0.2, 0.25) is 0 Å². The maximum absolute atomic E-state index is 11.3. The zero-order valence-corrected chi connectivity index (χ0v) is 11.1. The fourth-order valence-electron chi connectivity index (χ4n) is 1.81. The molecule has 1 unspecified atom stereocenters. The SMILES string of the molecule is Cc1nc(NCC2CCS(=O)(=O)C2)sc1C. The number of nitrogens with one attached hydrogen (secondary N) is 1. The van der Waals surface area contributed by atoms with Crippen LogP contribution in [0.1, 0.15) is 17.0 Å². The molecule has 2 heterocycles. The molecule has 0 saturated carbocycles. The maximum Gasteiger partial charge on any atom is 0.183 e. The fraction of sp³-hybridized carbons (Fsp3) is 0.700. The summed E-state index contributed by atoms with van der Waals surface area (Å²) in [6.07, 6.45) is 0.776. The Morgan fingerprint density at radius 3 is 2.75 bits per heavy atom. The van der Waals surface area contributed by atoms with Crippen LogP contribution in [0, 0.1) is 19.8 Å². The Kier molecular flexibility index (Phi) is 3.21. The van der Waals surface area contributed by atoms with Crippen molar-refractivity contribution in [2.24, 2.45) is 5.92 Å². The third-order valence-corrected chi connectivity index (χ3v) is 5.76. The van der Waals surface area contributed by atoms with Gasteiger partial charge < -0.3 is 5.32 Å². The predicted molar refractivity (Wildman–Crippen MR) is 66.8 cm³/mol. The van der Waals surface area contributed by atoms with Crippen LogP contribution in [0.25, 0.3) is 0 Å². The Bertz CT molecular complexity index is 460. The monoisotopic (exact) mass is 260 g/mol. The molecule has 90 valence electrons. The van der Waals surface area contributed by atoms with E-state index in [1.54, 1.807) is 11.3 Å². The van der Waals surface area contributed by atoms with Gasteiger partial charge in [-0.1, -0.05) is 0 Å². The lowest BCUT2D eigenvalue weighted by molar-refractivity contribution is 0.596. The van der Waals surface area contributed by atoms with Crippen molar-refractivity contribution in [3.05, 3.63) is 10.6 Å². The van der Waals surface area contributed by atoms with Crippen LogP contribution in [-0.2, 0) is 9.84 Å². The minimum atomic E-state index is -2.76. The summed E-state index contributed by atoms with van der Waals surface area (Å²) in [5.41, 5.74) is 1.05. The molecule has 4 nitrogen and oxygen atoms in total. The molecule has 0 aromatic carbocycles. The molecule has 1 N–H and O–H groups in total. The number of aromatic nitrogens is 1. The Balaban J connectivity index is 1.89. The van der Waals surface area contributed by atoms with E-state index in [-0.39, 0.29) is 5.92 Å². The van der Waals surface area contributed by atoms with Gasteiger partial charge in [-0.3, -0.25) is 0 Å². The highest BCUT2D eigenvalue weighted by Gasteiger charge is 2.27. The first kappa shape index (κ1) is 11.9. The van der Waals surface area contributed by atoms with E-state index in [4.69, 9.17) is 0 Å². The lowest BCUT2D eigenvalue weighted by Gasteiger charge is -2.07. The zero-order chi connectivity index (χ0) is 11.8. The van der Waals surface area contributed by atoms with Crippen molar-refractivity contribution in [1.29, 1.82) is 0 Å². The van der Waals surface area contributed by atoms with Crippen LogP contribution in [0.15, 0.2) is 0 Å². The average molecular weight is 260 g/mol. The van der Waals surface area contributed by atoms with Crippen LogP contribution in [0.5, 0.6) is 0 Å².